The first-order chi connectivity index (χ1) is 10.3. The van der Waals surface area contributed by atoms with E-state index in [0.717, 1.165) is 19.4 Å². The van der Waals surface area contributed by atoms with E-state index in [1.807, 2.05) is 18.2 Å². The molecule has 1 aromatic rings. The Hall–Kier alpha value is -1.33. The van der Waals surface area contributed by atoms with Crippen LogP contribution in [-0.4, -0.2) is 12.6 Å². The molecule has 0 unspecified atom stereocenters. The zero-order chi connectivity index (χ0) is 15.0. The number of nitriles is 1. The number of hydrogen-bond donors (Lipinski definition) is 1. The maximum Gasteiger partial charge on any atom is 0.0852 e. The number of hydrogen-bond acceptors (Lipinski definition) is 2. The minimum absolute atomic E-state index is 0.236. The van der Waals surface area contributed by atoms with Crippen LogP contribution >= 0.6 is 0 Å². The smallest absolute Gasteiger partial charge is 0.0852 e. The van der Waals surface area contributed by atoms with E-state index in [-0.39, 0.29) is 5.41 Å². The van der Waals surface area contributed by atoms with E-state index in [2.05, 4.69) is 30.4 Å². The zero-order valence-corrected chi connectivity index (χ0v) is 13.3. The molecule has 0 radical (unpaired) electrons. The summed E-state index contributed by atoms with van der Waals surface area (Å²) in [5, 5.41) is 13.1. The molecule has 21 heavy (non-hydrogen) atoms. The van der Waals surface area contributed by atoms with Gasteiger partial charge in [-0.1, -0.05) is 69.4 Å². The molecule has 1 aliphatic rings. The minimum atomic E-state index is -0.236. The van der Waals surface area contributed by atoms with Gasteiger partial charge in [0.2, 0.25) is 0 Å². The Kier molecular flexibility index (Phi) is 6.26. The highest BCUT2D eigenvalue weighted by atomic mass is 14.9. The molecule has 2 heteroatoms. The van der Waals surface area contributed by atoms with Crippen molar-refractivity contribution in [3.63, 3.8) is 0 Å². The number of nitrogens with zero attached hydrogens (tertiary/aromatic N) is 1. The van der Waals surface area contributed by atoms with Crippen molar-refractivity contribution in [2.45, 2.75) is 69.7 Å². The van der Waals surface area contributed by atoms with Gasteiger partial charge in [-0.3, -0.25) is 0 Å². The zero-order valence-electron chi connectivity index (χ0n) is 13.3. The molecule has 0 aromatic heterocycles. The summed E-state index contributed by atoms with van der Waals surface area (Å²) in [6.45, 7) is 3.36. The number of nitrogens with one attached hydrogen (secondary N) is 1. The van der Waals surface area contributed by atoms with E-state index >= 15 is 0 Å². The van der Waals surface area contributed by atoms with Crippen molar-refractivity contribution in [1.29, 1.82) is 5.26 Å². The Morgan fingerprint density at radius 3 is 2.43 bits per heavy atom. The van der Waals surface area contributed by atoms with Crippen LogP contribution in [0.3, 0.4) is 0 Å². The molecule has 0 saturated heterocycles. The van der Waals surface area contributed by atoms with Gasteiger partial charge in [0.25, 0.3) is 0 Å². The average Bonchev–Trinajstić information content (AvgIpc) is 2.49. The molecule has 0 aliphatic heterocycles. The highest BCUT2D eigenvalue weighted by Gasteiger charge is 2.45. The molecule has 0 heterocycles. The van der Waals surface area contributed by atoms with Gasteiger partial charge in [0.15, 0.2) is 0 Å². The van der Waals surface area contributed by atoms with Crippen LogP contribution in [0.1, 0.15) is 63.9 Å². The first-order valence-electron chi connectivity index (χ1n) is 8.51. The Morgan fingerprint density at radius 2 is 1.76 bits per heavy atom. The maximum atomic E-state index is 9.52. The molecular formula is C19H28N2. The molecule has 1 saturated carbocycles. The van der Waals surface area contributed by atoms with E-state index in [0.29, 0.717) is 6.04 Å². The summed E-state index contributed by atoms with van der Waals surface area (Å²) in [4.78, 5) is 0. The van der Waals surface area contributed by atoms with Crippen molar-refractivity contribution in [2.24, 2.45) is 0 Å². The lowest BCUT2D eigenvalue weighted by molar-refractivity contribution is 0.226. The number of benzene rings is 1. The monoisotopic (exact) mass is 284 g/mol. The topological polar surface area (TPSA) is 35.8 Å². The van der Waals surface area contributed by atoms with Crippen LogP contribution in [0.5, 0.6) is 0 Å². The summed E-state index contributed by atoms with van der Waals surface area (Å²) in [6, 6.07) is 13.3. The van der Waals surface area contributed by atoms with E-state index in [4.69, 9.17) is 0 Å². The first-order valence-corrected chi connectivity index (χ1v) is 8.51. The van der Waals surface area contributed by atoms with Crippen LogP contribution in [0.15, 0.2) is 30.3 Å². The molecule has 0 bridgehead atoms. The summed E-state index contributed by atoms with van der Waals surface area (Å²) >= 11 is 0. The predicted molar refractivity (Wildman–Crippen MR) is 88.1 cm³/mol. The summed E-state index contributed by atoms with van der Waals surface area (Å²) in [7, 11) is 0. The fourth-order valence-electron chi connectivity index (χ4n) is 3.29. The molecule has 0 amide bonds. The molecule has 1 aromatic carbocycles. The maximum absolute atomic E-state index is 9.52. The van der Waals surface area contributed by atoms with Crippen LogP contribution in [0.4, 0.5) is 0 Å². The third kappa shape index (κ3) is 4.32. The second-order valence-electron chi connectivity index (χ2n) is 6.39. The highest BCUT2D eigenvalue weighted by Crippen LogP contribution is 2.43. The first kappa shape index (κ1) is 16.0. The van der Waals surface area contributed by atoms with Gasteiger partial charge in [0.05, 0.1) is 11.5 Å². The fourth-order valence-corrected chi connectivity index (χ4v) is 3.29. The highest BCUT2D eigenvalue weighted by molar-refractivity contribution is 5.36. The van der Waals surface area contributed by atoms with Gasteiger partial charge in [-0.2, -0.15) is 5.26 Å². The average molecular weight is 284 g/mol. The second kappa shape index (κ2) is 8.20. The van der Waals surface area contributed by atoms with Crippen LogP contribution in [0.2, 0.25) is 0 Å². The summed E-state index contributed by atoms with van der Waals surface area (Å²) in [6.07, 6.45) is 9.96. The van der Waals surface area contributed by atoms with E-state index in [1.165, 1.54) is 44.1 Å². The van der Waals surface area contributed by atoms with Gasteiger partial charge >= 0.3 is 0 Å². The molecule has 0 spiro atoms. The summed E-state index contributed by atoms with van der Waals surface area (Å²) < 4.78 is 0. The normalized spacial score (nSPS) is 24.3. The van der Waals surface area contributed by atoms with Gasteiger partial charge in [-0.15, -0.1) is 0 Å². The lowest BCUT2D eigenvalue weighted by Gasteiger charge is -2.43. The van der Waals surface area contributed by atoms with Crippen molar-refractivity contribution in [3.8, 4) is 6.07 Å². The molecule has 2 rings (SSSR count). The Morgan fingerprint density at radius 1 is 1.10 bits per heavy atom. The van der Waals surface area contributed by atoms with Crippen molar-refractivity contribution < 1.29 is 0 Å². The van der Waals surface area contributed by atoms with Crippen LogP contribution in [-0.2, 0) is 5.41 Å². The predicted octanol–water partition coefficient (Wildman–Crippen LogP) is 4.56. The van der Waals surface area contributed by atoms with Gasteiger partial charge in [-0.25, -0.2) is 0 Å². The molecule has 1 aliphatic carbocycles. The van der Waals surface area contributed by atoms with E-state index in [9.17, 15) is 5.26 Å². The van der Waals surface area contributed by atoms with Crippen LogP contribution in [0.25, 0.3) is 0 Å². The second-order valence-corrected chi connectivity index (χ2v) is 6.39. The molecule has 114 valence electrons. The van der Waals surface area contributed by atoms with Crippen LogP contribution in [0, 0.1) is 11.3 Å². The Bertz CT molecular complexity index is 440. The van der Waals surface area contributed by atoms with Crippen LogP contribution < -0.4 is 5.32 Å². The van der Waals surface area contributed by atoms with E-state index < -0.39 is 0 Å². The van der Waals surface area contributed by atoms with Crippen molar-refractivity contribution in [1.82, 2.24) is 5.32 Å². The SMILES string of the molecule is CCCCCCCCNC1CC(C#N)(c2ccccc2)C1. The Labute approximate surface area is 129 Å². The molecule has 0 atom stereocenters. The quantitative estimate of drug-likeness (QED) is 0.675. The van der Waals surface area contributed by atoms with Gasteiger partial charge in [-0.05, 0) is 31.4 Å². The van der Waals surface area contributed by atoms with Gasteiger partial charge in [0.1, 0.15) is 0 Å². The third-order valence-electron chi connectivity index (χ3n) is 4.69. The van der Waals surface area contributed by atoms with Gasteiger partial charge < -0.3 is 5.32 Å². The Balaban J connectivity index is 1.63. The standard InChI is InChI=1S/C19H28N2/c1-2-3-4-5-6-10-13-21-18-14-19(15-18,16-20)17-11-8-7-9-12-17/h7-9,11-12,18,21H,2-6,10,13-15H2,1H3. The van der Waals surface area contributed by atoms with Crippen molar-refractivity contribution in [3.05, 3.63) is 35.9 Å². The van der Waals surface area contributed by atoms with Gasteiger partial charge in [0, 0.05) is 6.04 Å². The van der Waals surface area contributed by atoms with Crippen molar-refractivity contribution in [2.75, 3.05) is 6.54 Å². The lowest BCUT2D eigenvalue weighted by atomic mass is 9.62. The summed E-state index contributed by atoms with van der Waals surface area (Å²) in [5.74, 6) is 0. The molecule has 1 fully saturated rings. The lowest BCUT2D eigenvalue weighted by Crippen LogP contribution is -2.51. The number of rotatable bonds is 9. The molecule has 1 N–H and O–H groups in total. The largest absolute Gasteiger partial charge is 0.314 e. The molecule has 2 nitrogen and oxygen atoms in total. The summed E-state index contributed by atoms with van der Waals surface area (Å²) in [5.41, 5.74) is 0.949. The fraction of sp³-hybridized carbons (Fsp3) is 0.632. The molecular weight excluding hydrogens is 256 g/mol. The minimum Gasteiger partial charge on any atom is -0.314 e. The third-order valence-corrected chi connectivity index (χ3v) is 4.69. The van der Waals surface area contributed by atoms with Crippen molar-refractivity contribution >= 4 is 0 Å². The van der Waals surface area contributed by atoms with E-state index in [1.54, 1.807) is 0 Å². The number of unbranched alkanes of at least 4 members (excludes halogenated alkanes) is 5.